The van der Waals surface area contributed by atoms with Gasteiger partial charge in [-0.2, -0.15) is 0 Å². The average molecular weight is 294 g/mol. The van der Waals surface area contributed by atoms with Crippen LogP contribution in [-0.4, -0.2) is 28.6 Å². The first-order valence-corrected chi connectivity index (χ1v) is 7.27. The van der Waals surface area contributed by atoms with Crippen LogP contribution >= 0.6 is 35.5 Å². The number of halogens is 1. The van der Waals surface area contributed by atoms with Gasteiger partial charge >= 0.3 is 0 Å². The molecule has 2 heterocycles. The Morgan fingerprint density at radius 3 is 2.94 bits per heavy atom. The van der Waals surface area contributed by atoms with Gasteiger partial charge in [0.05, 0.1) is 11.7 Å². The molecule has 1 amide bonds. The van der Waals surface area contributed by atoms with Crippen molar-refractivity contribution in [1.82, 2.24) is 10.3 Å². The van der Waals surface area contributed by atoms with E-state index in [0.29, 0.717) is 11.0 Å². The van der Waals surface area contributed by atoms with Crippen molar-refractivity contribution in [2.75, 3.05) is 16.9 Å². The Morgan fingerprint density at radius 1 is 1.65 bits per heavy atom. The van der Waals surface area contributed by atoms with Crippen LogP contribution in [0.1, 0.15) is 25.5 Å². The molecule has 1 unspecified atom stereocenters. The van der Waals surface area contributed by atoms with Crippen LogP contribution in [0.4, 0.5) is 5.13 Å². The first-order chi connectivity index (χ1) is 7.66. The first-order valence-electron chi connectivity index (χ1n) is 5.24. The minimum absolute atomic E-state index is 0. The number of aromatic nitrogens is 1. The second-order valence-electron chi connectivity index (χ2n) is 3.99. The molecule has 1 aromatic heterocycles. The summed E-state index contributed by atoms with van der Waals surface area (Å²) >= 11 is 3.23. The summed E-state index contributed by atoms with van der Waals surface area (Å²) in [6, 6.07) is -0.0728. The Morgan fingerprint density at radius 2 is 2.41 bits per heavy atom. The molecule has 0 radical (unpaired) electrons. The third-order valence-electron chi connectivity index (χ3n) is 2.38. The number of nitrogens with zero attached hydrogens (tertiary/aromatic N) is 1. The maximum atomic E-state index is 11.8. The summed E-state index contributed by atoms with van der Waals surface area (Å²) in [6.07, 6.45) is 0. The molecule has 2 rings (SSSR count). The van der Waals surface area contributed by atoms with Crippen molar-refractivity contribution in [2.45, 2.75) is 25.8 Å². The minimum atomic E-state index is -0.0728. The van der Waals surface area contributed by atoms with Crippen LogP contribution in [0.2, 0.25) is 0 Å². The van der Waals surface area contributed by atoms with Gasteiger partial charge in [0.15, 0.2) is 5.13 Å². The Bertz CT molecular complexity index is 377. The predicted molar refractivity (Wildman–Crippen MR) is 76.3 cm³/mol. The molecular weight excluding hydrogens is 278 g/mol. The highest BCUT2D eigenvalue weighted by atomic mass is 35.5. The molecule has 0 aliphatic carbocycles. The van der Waals surface area contributed by atoms with Crippen LogP contribution in [0.3, 0.4) is 0 Å². The smallest absolute Gasteiger partial charge is 0.244 e. The lowest BCUT2D eigenvalue weighted by Gasteiger charge is -2.07. The lowest BCUT2D eigenvalue weighted by molar-refractivity contribution is -0.117. The maximum absolute atomic E-state index is 11.8. The largest absolute Gasteiger partial charge is 0.301 e. The van der Waals surface area contributed by atoms with E-state index in [-0.39, 0.29) is 24.4 Å². The van der Waals surface area contributed by atoms with E-state index in [1.807, 2.05) is 5.38 Å². The van der Waals surface area contributed by atoms with E-state index >= 15 is 0 Å². The van der Waals surface area contributed by atoms with Gasteiger partial charge in [0.2, 0.25) is 5.91 Å². The molecule has 0 saturated carbocycles. The average Bonchev–Trinajstić information content (AvgIpc) is 2.87. The van der Waals surface area contributed by atoms with Gasteiger partial charge in [0.25, 0.3) is 0 Å². The number of amides is 1. The Hall–Kier alpha value is -0.300. The lowest BCUT2D eigenvalue weighted by atomic mass is 10.2. The summed E-state index contributed by atoms with van der Waals surface area (Å²) in [4.78, 5) is 16.1. The van der Waals surface area contributed by atoms with Crippen molar-refractivity contribution in [3.8, 4) is 0 Å². The normalized spacial score (nSPS) is 19.1. The molecule has 1 aliphatic heterocycles. The van der Waals surface area contributed by atoms with Crippen molar-refractivity contribution in [3.63, 3.8) is 0 Å². The summed E-state index contributed by atoms with van der Waals surface area (Å²) in [7, 11) is 0. The fourth-order valence-corrected chi connectivity index (χ4v) is 3.18. The molecule has 4 nitrogen and oxygen atoms in total. The topological polar surface area (TPSA) is 54.0 Å². The van der Waals surface area contributed by atoms with Crippen molar-refractivity contribution in [2.24, 2.45) is 0 Å². The monoisotopic (exact) mass is 293 g/mol. The first kappa shape index (κ1) is 14.8. The summed E-state index contributed by atoms with van der Waals surface area (Å²) < 4.78 is 0. The van der Waals surface area contributed by atoms with E-state index in [4.69, 9.17) is 0 Å². The van der Waals surface area contributed by atoms with E-state index < -0.39 is 0 Å². The molecule has 0 bridgehead atoms. The molecule has 1 aromatic rings. The molecule has 1 fully saturated rings. The van der Waals surface area contributed by atoms with E-state index in [9.17, 15) is 4.79 Å². The Balaban J connectivity index is 0.00000144. The molecular formula is C10H16ClN3OS2. The number of carbonyl (C=O) groups excluding carboxylic acids is 1. The Kier molecular flexibility index (Phi) is 5.72. The van der Waals surface area contributed by atoms with Crippen molar-refractivity contribution in [3.05, 3.63) is 11.1 Å². The molecule has 0 spiro atoms. The minimum Gasteiger partial charge on any atom is -0.301 e. The molecule has 96 valence electrons. The molecule has 7 heteroatoms. The van der Waals surface area contributed by atoms with Crippen molar-refractivity contribution in [1.29, 1.82) is 0 Å². The van der Waals surface area contributed by atoms with Crippen LogP contribution in [0.25, 0.3) is 0 Å². The molecule has 1 aliphatic rings. The van der Waals surface area contributed by atoms with Crippen molar-refractivity contribution >= 4 is 46.5 Å². The van der Waals surface area contributed by atoms with Gasteiger partial charge in [-0.05, 0) is 5.92 Å². The lowest BCUT2D eigenvalue weighted by Crippen LogP contribution is -2.37. The number of nitrogens with one attached hydrogen (secondary N) is 2. The third-order valence-corrected chi connectivity index (χ3v) is 4.09. The quantitative estimate of drug-likeness (QED) is 0.898. The number of anilines is 1. The fraction of sp³-hybridized carbons (Fsp3) is 0.600. The maximum Gasteiger partial charge on any atom is 0.244 e. The highest BCUT2D eigenvalue weighted by molar-refractivity contribution is 7.99. The predicted octanol–water partition coefficient (Wildman–Crippen LogP) is 2.29. The summed E-state index contributed by atoms with van der Waals surface area (Å²) in [6.45, 7) is 4.19. The van der Waals surface area contributed by atoms with Crippen molar-refractivity contribution < 1.29 is 4.79 Å². The van der Waals surface area contributed by atoms with E-state index in [1.54, 1.807) is 11.8 Å². The number of rotatable bonds is 3. The third kappa shape index (κ3) is 3.84. The number of thioether (sulfide) groups is 1. The molecule has 1 saturated heterocycles. The van der Waals surface area contributed by atoms with Crippen LogP contribution < -0.4 is 10.6 Å². The standard InChI is InChI=1S/C10H15N3OS2.ClH/c1-6(2)7-4-16-10(12-7)13-9(14)8-3-15-5-11-8;/h4,6,8,11H,3,5H2,1-2H3,(H,12,13,14);1H. The number of hydrogen-bond donors (Lipinski definition) is 2. The fourth-order valence-electron chi connectivity index (χ4n) is 1.36. The van der Waals surface area contributed by atoms with Crippen LogP contribution in [0, 0.1) is 0 Å². The van der Waals surface area contributed by atoms with Gasteiger partial charge in [-0.25, -0.2) is 4.98 Å². The molecule has 0 aromatic carbocycles. The second-order valence-corrected chi connectivity index (χ2v) is 5.88. The zero-order valence-electron chi connectivity index (χ0n) is 9.73. The summed E-state index contributed by atoms with van der Waals surface area (Å²) in [5, 5.41) is 8.68. The van der Waals surface area contributed by atoms with E-state index in [0.717, 1.165) is 17.3 Å². The van der Waals surface area contributed by atoms with Crippen LogP contribution in [0.5, 0.6) is 0 Å². The zero-order valence-corrected chi connectivity index (χ0v) is 12.2. The SMILES string of the molecule is CC(C)c1csc(NC(=O)C2CSCN2)n1.Cl. The summed E-state index contributed by atoms with van der Waals surface area (Å²) in [5.74, 6) is 2.12. The highest BCUT2D eigenvalue weighted by Gasteiger charge is 2.23. The van der Waals surface area contributed by atoms with Gasteiger partial charge in [0.1, 0.15) is 0 Å². The van der Waals surface area contributed by atoms with Gasteiger partial charge in [-0.15, -0.1) is 35.5 Å². The Labute approximate surface area is 115 Å². The van der Waals surface area contributed by atoms with Gasteiger partial charge in [0, 0.05) is 17.0 Å². The summed E-state index contributed by atoms with van der Waals surface area (Å²) in [5.41, 5.74) is 1.04. The van der Waals surface area contributed by atoms with Gasteiger partial charge < -0.3 is 5.32 Å². The molecule has 2 N–H and O–H groups in total. The highest BCUT2D eigenvalue weighted by Crippen LogP contribution is 2.22. The van der Waals surface area contributed by atoms with E-state index in [1.165, 1.54) is 11.3 Å². The number of carbonyl (C=O) groups is 1. The second kappa shape index (κ2) is 6.58. The number of thiazole rings is 1. The van der Waals surface area contributed by atoms with Crippen LogP contribution in [0.15, 0.2) is 5.38 Å². The van der Waals surface area contributed by atoms with E-state index in [2.05, 4.69) is 29.5 Å². The number of hydrogen-bond acceptors (Lipinski definition) is 5. The molecule has 17 heavy (non-hydrogen) atoms. The van der Waals surface area contributed by atoms with Gasteiger partial charge in [-0.1, -0.05) is 13.8 Å². The van der Waals surface area contributed by atoms with Gasteiger partial charge in [-0.3, -0.25) is 10.1 Å². The zero-order chi connectivity index (χ0) is 11.5. The van der Waals surface area contributed by atoms with Crippen LogP contribution in [-0.2, 0) is 4.79 Å². The molecule has 1 atom stereocenters.